The number of nitrogens with one attached hydrogen (secondary N) is 2. The second-order valence-electron chi connectivity index (χ2n) is 4.56. The maximum Gasteiger partial charge on any atom is 0.319 e. The van der Waals surface area contributed by atoms with Gasteiger partial charge in [-0.05, 0) is 35.4 Å². The molecule has 0 radical (unpaired) electrons. The summed E-state index contributed by atoms with van der Waals surface area (Å²) in [6.45, 7) is 0.946. The molecule has 21 heavy (non-hydrogen) atoms. The van der Waals surface area contributed by atoms with E-state index in [1.54, 1.807) is 31.4 Å². The van der Waals surface area contributed by atoms with Gasteiger partial charge < -0.3 is 21.1 Å². The normalized spacial score (nSPS) is 10.0. The number of ether oxygens (including phenoxy) is 1. The third-order valence-corrected chi connectivity index (χ3v) is 3.03. The van der Waals surface area contributed by atoms with Crippen molar-refractivity contribution in [2.24, 2.45) is 5.73 Å². The van der Waals surface area contributed by atoms with Gasteiger partial charge in [-0.3, -0.25) is 0 Å². The van der Waals surface area contributed by atoms with Crippen molar-refractivity contribution in [3.8, 4) is 5.75 Å². The summed E-state index contributed by atoms with van der Waals surface area (Å²) in [4.78, 5) is 11.8. The van der Waals surface area contributed by atoms with E-state index in [2.05, 4.69) is 10.6 Å². The van der Waals surface area contributed by atoms with E-state index < -0.39 is 0 Å². The number of rotatable bonds is 5. The molecule has 0 bridgehead atoms. The van der Waals surface area contributed by atoms with Gasteiger partial charge in [0.15, 0.2) is 0 Å². The summed E-state index contributed by atoms with van der Waals surface area (Å²) in [5, 5.41) is 5.57. The van der Waals surface area contributed by atoms with Gasteiger partial charge in [0.05, 0.1) is 7.11 Å². The lowest BCUT2D eigenvalue weighted by Gasteiger charge is -2.09. The standard InChI is InChI=1S/C16H19N3O2/c1-21-15-7-5-14(6-8-15)19-16(20)18-11-13-4-2-3-12(9-13)10-17/h2-9H,10-11,17H2,1H3,(H2,18,19,20). The molecule has 0 fully saturated rings. The number of nitrogens with two attached hydrogens (primary N) is 1. The van der Waals surface area contributed by atoms with Crippen LogP contribution < -0.4 is 21.1 Å². The summed E-state index contributed by atoms with van der Waals surface area (Å²) in [7, 11) is 1.60. The zero-order valence-corrected chi connectivity index (χ0v) is 11.9. The molecule has 4 N–H and O–H groups in total. The number of carbonyl (C=O) groups excluding carboxylic acids is 1. The third-order valence-electron chi connectivity index (χ3n) is 3.03. The van der Waals surface area contributed by atoms with Gasteiger partial charge in [-0.2, -0.15) is 0 Å². The lowest BCUT2D eigenvalue weighted by molar-refractivity contribution is 0.251. The monoisotopic (exact) mass is 285 g/mol. The average molecular weight is 285 g/mol. The number of carbonyl (C=O) groups is 1. The van der Waals surface area contributed by atoms with Crippen LogP contribution in [0.1, 0.15) is 11.1 Å². The van der Waals surface area contributed by atoms with E-state index >= 15 is 0 Å². The van der Waals surface area contributed by atoms with E-state index in [-0.39, 0.29) is 6.03 Å². The average Bonchev–Trinajstić information content (AvgIpc) is 2.54. The SMILES string of the molecule is COc1ccc(NC(=O)NCc2cccc(CN)c2)cc1. The molecule has 0 aliphatic heterocycles. The maximum atomic E-state index is 11.8. The fourth-order valence-electron chi connectivity index (χ4n) is 1.90. The lowest BCUT2D eigenvalue weighted by Crippen LogP contribution is -2.28. The molecule has 0 saturated heterocycles. The highest BCUT2D eigenvalue weighted by atomic mass is 16.5. The minimum Gasteiger partial charge on any atom is -0.497 e. The summed E-state index contributed by atoms with van der Waals surface area (Å²) in [5.41, 5.74) is 8.37. The Labute approximate surface area is 124 Å². The summed E-state index contributed by atoms with van der Waals surface area (Å²) < 4.78 is 5.06. The van der Waals surface area contributed by atoms with E-state index in [9.17, 15) is 4.79 Å². The van der Waals surface area contributed by atoms with Crippen LogP contribution in [0, 0.1) is 0 Å². The second kappa shape index (κ2) is 7.31. The molecule has 2 aromatic carbocycles. The number of hydrogen-bond donors (Lipinski definition) is 3. The quantitative estimate of drug-likeness (QED) is 0.790. The molecular weight excluding hydrogens is 266 g/mol. The molecule has 0 saturated carbocycles. The Balaban J connectivity index is 1.86. The number of benzene rings is 2. The van der Waals surface area contributed by atoms with E-state index in [1.165, 1.54) is 0 Å². The Kier molecular flexibility index (Phi) is 5.17. The molecule has 0 aliphatic rings. The van der Waals surface area contributed by atoms with E-state index in [0.717, 1.165) is 16.9 Å². The first-order chi connectivity index (χ1) is 10.2. The van der Waals surface area contributed by atoms with Crippen LogP contribution in [0.25, 0.3) is 0 Å². The summed E-state index contributed by atoms with van der Waals surface area (Å²) in [5.74, 6) is 0.750. The van der Waals surface area contributed by atoms with Gasteiger partial charge in [-0.25, -0.2) is 4.79 Å². The Bertz CT molecular complexity index is 597. The highest BCUT2D eigenvalue weighted by molar-refractivity contribution is 5.89. The number of hydrogen-bond acceptors (Lipinski definition) is 3. The second-order valence-corrected chi connectivity index (χ2v) is 4.56. The van der Waals surface area contributed by atoms with E-state index in [0.29, 0.717) is 18.8 Å². The molecule has 2 amide bonds. The smallest absolute Gasteiger partial charge is 0.319 e. The molecule has 110 valence electrons. The van der Waals surface area contributed by atoms with Gasteiger partial charge in [0.25, 0.3) is 0 Å². The number of amides is 2. The zero-order chi connectivity index (χ0) is 15.1. The van der Waals surface area contributed by atoms with Gasteiger partial charge in [-0.1, -0.05) is 24.3 Å². The fourth-order valence-corrected chi connectivity index (χ4v) is 1.90. The van der Waals surface area contributed by atoms with Crippen LogP contribution in [0.4, 0.5) is 10.5 Å². The summed E-state index contributed by atoms with van der Waals surface area (Å²) >= 11 is 0. The Hall–Kier alpha value is -2.53. The van der Waals surface area contributed by atoms with Gasteiger partial charge in [0.2, 0.25) is 0 Å². The van der Waals surface area contributed by atoms with Crippen LogP contribution in [0.3, 0.4) is 0 Å². The van der Waals surface area contributed by atoms with Crippen LogP contribution in [0.5, 0.6) is 5.75 Å². The van der Waals surface area contributed by atoms with Gasteiger partial charge in [0, 0.05) is 18.8 Å². The van der Waals surface area contributed by atoms with Gasteiger partial charge >= 0.3 is 6.03 Å². The maximum absolute atomic E-state index is 11.8. The predicted molar refractivity (Wildman–Crippen MR) is 83.2 cm³/mol. The fraction of sp³-hybridized carbons (Fsp3) is 0.188. The van der Waals surface area contributed by atoms with Gasteiger partial charge in [-0.15, -0.1) is 0 Å². The molecule has 5 heteroatoms. The minimum absolute atomic E-state index is 0.252. The third kappa shape index (κ3) is 4.50. The highest BCUT2D eigenvalue weighted by Gasteiger charge is 2.02. The zero-order valence-electron chi connectivity index (χ0n) is 11.9. The van der Waals surface area contributed by atoms with Crippen molar-refractivity contribution in [3.63, 3.8) is 0 Å². The number of urea groups is 1. The van der Waals surface area contributed by atoms with E-state index in [1.807, 2.05) is 24.3 Å². The first-order valence-corrected chi connectivity index (χ1v) is 6.68. The number of methoxy groups -OCH3 is 1. The lowest BCUT2D eigenvalue weighted by atomic mass is 10.1. The molecule has 5 nitrogen and oxygen atoms in total. The van der Waals surface area contributed by atoms with Crippen LogP contribution in [-0.2, 0) is 13.1 Å². The van der Waals surface area contributed by atoms with Crippen LogP contribution in [-0.4, -0.2) is 13.1 Å². The van der Waals surface area contributed by atoms with Crippen molar-refractivity contribution >= 4 is 11.7 Å². The van der Waals surface area contributed by atoms with Crippen molar-refractivity contribution in [3.05, 3.63) is 59.7 Å². The largest absolute Gasteiger partial charge is 0.497 e. The minimum atomic E-state index is -0.252. The Morgan fingerprint density at radius 1 is 1.14 bits per heavy atom. The Morgan fingerprint density at radius 3 is 2.52 bits per heavy atom. The number of anilines is 1. The molecule has 0 atom stereocenters. The van der Waals surface area contributed by atoms with Crippen molar-refractivity contribution in [2.45, 2.75) is 13.1 Å². The highest BCUT2D eigenvalue weighted by Crippen LogP contribution is 2.14. The molecule has 0 aliphatic carbocycles. The topological polar surface area (TPSA) is 76.4 Å². The van der Waals surface area contributed by atoms with Crippen LogP contribution >= 0.6 is 0 Å². The summed E-state index contributed by atoms with van der Waals surface area (Å²) in [6, 6.07) is 14.7. The van der Waals surface area contributed by atoms with Crippen LogP contribution in [0.15, 0.2) is 48.5 Å². The van der Waals surface area contributed by atoms with Crippen molar-refractivity contribution in [2.75, 3.05) is 12.4 Å². The molecule has 0 spiro atoms. The van der Waals surface area contributed by atoms with Crippen molar-refractivity contribution in [1.29, 1.82) is 0 Å². The first kappa shape index (κ1) is 14.9. The molecule has 0 unspecified atom stereocenters. The Morgan fingerprint density at radius 2 is 1.86 bits per heavy atom. The van der Waals surface area contributed by atoms with Crippen molar-refractivity contribution in [1.82, 2.24) is 5.32 Å². The predicted octanol–water partition coefficient (Wildman–Crippen LogP) is 2.48. The van der Waals surface area contributed by atoms with Crippen molar-refractivity contribution < 1.29 is 9.53 Å². The molecule has 0 heterocycles. The molecule has 2 rings (SSSR count). The summed E-state index contributed by atoms with van der Waals surface area (Å²) in [6.07, 6.45) is 0. The molecule has 2 aromatic rings. The van der Waals surface area contributed by atoms with E-state index in [4.69, 9.17) is 10.5 Å². The molecule has 0 aromatic heterocycles. The first-order valence-electron chi connectivity index (χ1n) is 6.68. The van der Waals surface area contributed by atoms with Crippen LogP contribution in [0.2, 0.25) is 0 Å². The molecular formula is C16H19N3O2. The van der Waals surface area contributed by atoms with Gasteiger partial charge in [0.1, 0.15) is 5.75 Å².